The second-order valence-electron chi connectivity index (χ2n) is 3.70. The summed E-state index contributed by atoms with van der Waals surface area (Å²) in [6.45, 7) is 2.91. The molecule has 0 heterocycles. The van der Waals surface area contributed by atoms with E-state index in [1.807, 2.05) is 6.07 Å². The van der Waals surface area contributed by atoms with E-state index >= 15 is 0 Å². The van der Waals surface area contributed by atoms with E-state index in [1.54, 1.807) is 18.2 Å². The molecule has 94 valence electrons. The highest BCUT2D eigenvalue weighted by Gasteiger charge is 2.07. The molecule has 0 aliphatic heterocycles. The zero-order chi connectivity index (χ0) is 12.8. The van der Waals surface area contributed by atoms with Crippen LogP contribution in [0.15, 0.2) is 24.3 Å². The van der Waals surface area contributed by atoms with Crippen LogP contribution in [0.2, 0.25) is 10.0 Å². The molecule has 0 aliphatic rings. The molecule has 1 aromatic carbocycles. The lowest BCUT2D eigenvalue weighted by molar-refractivity contribution is 0.605. The molecule has 0 radical (unpaired) electrons. The highest BCUT2D eigenvalue weighted by molar-refractivity contribution is 6.43. The number of nitrogens with one attached hydrogen (secondary N) is 1. The van der Waals surface area contributed by atoms with E-state index in [4.69, 9.17) is 34.7 Å². The Morgan fingerprint density at radius 3 is 2.82 bits per heavy atom. The lowest BCUT2D eigenvalue weighted by atomic mass is 10.1. The van der Waals surface area contributed by atoms with Crippen molar-refractivity contribution in [3.8, 4) is 0 Å². The molecule has 5 heteroatoms. The maximum atomic E-state index is 6.06. The minimum absolute atomic E-state index is 0.287. The minimum atomic E-state index is -0.287. The summed E-state index contributed by atoms with van der Waals surface area (Å²) < 4.78 is 0. The molecular weight excluding hydrogens is 257 g/mol. The number of nitrogens with two attached hydrogens (primary N) is 2. The third-order valence-electron chi connectivity index (χ3n) is 2.25. The predicted octanol–water partition coefficient (Wildman–Crippen LogP) is 2.58. The van der Waals surface area contributed by atoms with Crippen molar-refractivity contribution in [2.24, 2.45) is 11.5 Å². The zero-order valence-electron chi connectivity index (χ0n) is 9.71. The van der Waals surface area contributed by atoms with Crippen LogP contribution in [0, 0.1) is 0 Å². The molecule has 0 amide bonds. The van der Waals surface area contributed by atoms with Crippen LogP contribution < -0.4 is 16.8 Å². The van der Waals surface area contributed by atoms with Gasteiger partial charge in [0.15, 0.2) is 0 Å². The Balaban J connectivity index is 2.84. The van der Waals surface area contributed by atoms with Crippen LogP contribution in [-0.2, 0) is 0 Å². The van der Waals surface area contributed by atoms with Gasteiger partial charge in [-0.3, -0.25) is 5.32 Å². The van der Waals surface area contributed by atoms with Crippen LogP contribution in [0.4, 0.5) is 0 Å². The third kappa shape index (κ3) is 4.21. The molecule has 0 saturated heterocycles. The van der Waals surface area contributed by atoms with Gasteiger partial charge in [-0.1, -0.05) is 42.3 Å². The Morgan fingerprint density at radius 1 is 1.47 bits per heavy atom. The van der Waals surface area contributed by atoms with E-state index in [9.17, 15) is 0 Å². The van der Waals surface area contributed by atoms with E-state index in [0.717, 1.165) is 13.0 Å². The first-order valence-corrected chi connectivity index (χ1v) is 6.22. The van der Waals surface area contributed by atoms with Gasteiger partial charge in [0.1, 0.15) is 0 Å². The Kier molecular flexibility index (Phi) is 5.78. The third-order valence-corrected chi connectivity index (χ3v) is 3.07. The fourth-order valence-electron chi connectivity index (χ4n) is 1.38. The Labute approximate surface area is 112 Å². The lowest BCUT2D eigenvalue weighted by Crippen LogP contribution is -2.36. The van der Waals surface area contributed by atoms with E-state index in [-0.39, 0.29) is 6.17 Å². The van der Waals surface area contributed by atoms with Crippen LogP contribution in [0.1, 0.15) is 18.9 Å². The molecule has 1 rings (SSSR count). The minimum Gasteiger partial charge on any atom is -0.398 e. The highest BCUT2D eigenvalue weighted by atomic mass is 35.5. The van der Waals surface area contributed by atoms with Crippen molar-refractivity contribution in [1.29, 1.82) is 0 Å². The van der Waals surface area contributed by atoms with Crippen molar-refractivity contribution in [2.45, 2.75) is 19.5 Å². The molecule has 5 N–H and O–H groups in total. The summed E-state index contributed by atoms with van der Waals surface area (Å²) in [5, 5.41) is 4.04. The van der Waals surface area contributed by atoms with Crippen LogP contribution in [-0.4, -0.2) is 12.7 Å². The number of hydrogen-bond donors (Lipinski definition) is 3. The van der Waals surface area contributed by atoms with Gasteiger partial charge in [0.05, 0.1) is 16.2 Å². The average Bonchev–Trinajstić information content (AvgIpc) is 2.29. The van der Waals surface area contributed by atoms with Gasteiger partial charge in [0.2, 0.25) is 0 Å². The molecular formula is C12H17Cl2N3. The number of benzene rings is 1. The van der Waals surface area contributed by atoms with Crippen LogP contribution in [0.3, 0.4) is 0 Å². The zero-order valence-corrected chi connectivity index (χ0v) is 11.2. The number of hydrogen-bond acceptors (Lipinski definition) is 3. The van der Waals surface area contributed by atoms with Crippen LogP contribution >= 0.6 is 23.2 Å². The average molecular weight is 274 g/mol. The fraction of sp³-hybridized carbons (Fsp3) is 0.333. The molecule has 0 bridgehead atoms. The summed E-state index contributed by atoms with van der Waals surface area (Å²) in [4.78, 5) is 0. The van der Waals surface area contributed by atoms with Gasteiger partial charge in [-0.2, -0.15) is 0 Å². The molecule has 0 saturated carbocycles. The summed E-state index contributed by atoms with van der Waals surface area (Å²) in [6.07, 6.45) is 2.46. The standard InChI is InChI=1S/C12H17Cl2N3/c1-2-6-17-11(16)7-10(15)8-4-3-5-9(13)12(8)14/h3-5,7,11,17H,2,6,15-16H2,1H3/b10-7-. The fourth-order valence-corrected chi connectivity index (χ4v) is 1.79. The topological polar surface area (TPSA) is 64.1 Å². The van der Waals surface area contributed by atoms with Crippen LogP contribution in [0.5, 0.6) is 0 Å². The summed E-state index contributed by atoms with van der Waals surface area (Å²) in [5.41, 5.74) is 13.0. The lowest BCUT2D eigenvalue weighted by Gasteiger charge is -2.11. The molecule has 3 nitrogen and oxygen atoms in total. The maximum Gasteiger partial charge on any atom is 0.0761 e. The Hall–Kier alpha value is -0.740. The van der Waals surface area contributed by atoms with E-state index in [1.165, 1.54) is 0 Å². The van der Waals surface area contributed by atoms with Gasteiger partial charge in [0, 0.05) is 11.3 Å². The predicted molar refractivity (Wildman–Crippen MR) is 74.9 cm³/mol. The van der Waals surface area contributed by atoms with Gasteiger partial charge < -0.3 is 11.5 Å². The maximum absolute atomic E-state index is 6.06. The molecule has 0 aliphatic carbocycles. The van der Waals surface area contributed by atoms with Crippen molar-refractivity contribution in [3.63, 3.8) is 0 Å². The molecule has 1 atom stereocenters. The monoisotopic (exact) mass is 273 g/mol. The molecule has 1 unspecified atom stereocenters. The largest absolute Gasteiger partial charge is 0.398 e. The molecule has 17 heavy (non-hydrogen) atoms. The van der Waals surface area contributed by atoms with Crippen molar-refractivity contribution in [2.75, 3.05) is 6.54 Å². The molecule has 0 aromatic heterocycles. The van der Waals surface area contributed by atoms with Gasteiger partial charge in [-0.05, 0) is 25.1 Å². The van der Waals surface area contributed by atoms with Crippen molar-refractivity contribution < 1.29 is 0 Å². The molecule has 1 aromatic rings. The molecule has 0 spiro atoms. The number of rotatable bonds is 5. The first-order valence-electron chi connectivity index (χ1n) is 5.47. The SMILES string of the molecule is CCCNC(N)/C=C(\N)c1cccc(Cl)c1Cl. The van der Waals surface area contributed by atoms with Crippen molar-refractivity contribution in [1.82, 2.24) is 5.32 Å². The van der Waals surface area contributed by atoms with Crippen LogP contribution in [0.25, 0.3) is 5.70 Å². The highest BCUT2D eigenvalue weighted by Crippen LogP contribution is 2.28. The van der Waals surface area contributed by atoms with Crippen molar-refractivity contribution in [3.05, 3.63) is 39.9 Å². The first-order chi connectivity index (χ1) is 8.06. The normalized spacial score (nSPS) is 13.8. The summed E-state index contributed by atoms with van der Waals surface area (Å²) in [6, 6.07) is 5.33. The second kappa shape index (κ2) is 6.87. The van der Waals surface area contributed by atoms with Gasteiger partial charge in [-0.15, -0.1) is 0 Å². The Bertz CT molecular complexity index is 405. The first kappa shape index (κ1) is 14.3. The van der Waals surface area contributed by atoms with Crippen molar-refractivity contribution >= 4 is 28.9 Å². The number of halogens is 2. The summed E-state index contributed by atoms with van der Waals surface area (Å²) >= 11 is 12.0. The summed E-state index contributed by atoms with van der Waals surface area (Å²) in [5.74, 6) is 0. The molecule has 0 fully saturated rings. The smallest absolute Gasteiger partial charge is 0.0761 e. The van der Waals surface area contributed by atoms with Gasteiger partial charge >= 0.3 is 0 Å². The van der Waals surface area contributed by atoms with Gasteiger partial charge in [-0.25, -0.2) is 0 Å². The Morgan fingerprint density at radius 2 is 2.18 bits per heavy atom. The van der Waals surface area contributed by atoms with E-state index in [0.29, 0.717) is 21.3 Å². The second-order valence-corrected chi connectivity index (χ2v) is 4.49. The van der Waals surface area contributed by atoms with Gasteiger partial charge in [0.25, 0.3) is 0 Å². The summed E-state index contributed by atoms with van der Waals surface area (Å²) in [7, 11) is 0. The van der Waals surface area contributed by atoms with E-state index in [2.05, 4.69) is 12.2 Å². The quantitative estimate of drug-likeness (QED) is 0.723. The van der Waals surface area contributed by atoms with E-state index < -0.39 is 0 Å².